The number of ether oxygens (including phenoxy) is 1. The second-order valence-corrected chi connectivity index (χ2v) is 5.46. The van der Waals surface area contributed by atoms with Gasteiger partial charge in [0.15, 0.2) is 5.82 Å². The lowest BCUT2D eigenvalue weighted by atomic mass is 10.2. The summed E-state index contributed by atoms with van der Waals surface area (Å²) in [5, 5.41) is 11.7. The van der Waals surface area contributed by atoms with Crippen molar-refractivity contribution in [3.63, 3.8) is 0 Å². The normalized spacial score (nSPS) is 16.3. The Morgan fingerprint density at radius 1 is 1.26 bits per heavy atom. The van der Waals surface area contributed by atoms with Crippen LogP contribution in [0.25, 0.3) is 0 Å². The lowest BCUT2D eigenvalue weighted by Crippen LogP contribution is -2.36. The Balaban J connectivity index is 1.57. The minimum Gasteiger partial charge on any atom is -0.378 e. The van der Waals surface area contributed by atoms with Crippen LogP contribution < -0.4 is 10.2 Å². The fraction of sp³-hybridized carbons (Fsp3) is 0.438. The number of nitrogens with one attached hydrogen (secondary N) is 1. The molecule has 1 unspecified atom stereocenters. The van der Waals surface area contributed by atoms with Gasteiger partial charge in [0.25, 0.3) is 0 Å². The molecule has 6 nitrogen and oxygen atoms in total. The van der Waals surface area contributed by atoms with Crippen molar-refractivity contribution < 1.29 is 9.13 Å². The highest BCUT2D eigenvalue weighted by Gasteiger charge is 2.14. The number of morpholine rings is 1. The number of rotatable bonds is 5. The van der Waals surface area contributed by atoms with Gasteiger partial charge in [0.05, 0.1) is 24.6 Å². The summed E-state index contributed by atoms with van der Waals surface area (Å²) in [4.78, 5) is 6.23. The van der Waals surface area contributed by atoms with E-state index >= 15 is 0 Å². The van der Waals surface area contributed by atoms with Crippen LogP contribution in [0.2, 0.25) is 0 Å². The van der Waals surface area contributed by atoms with Crippen LogP contribution in [0.1, 0.15) is 24.4 Å². The minimum atomic E-state index is -0.304. The highest BCUT2D eigenvalue weighted by atomic mass is 19.1. The molecule has 0 amide bonds. The fourth-order valence-electron chi connectivity index (χ4n) is 2.48. The molecular formula is C16H20FN5O. The Bertz CT molecular complexity index is 631. The molecule has 3 heterocycles. The van der Waals surface area contributed by atoms with E-state index in [4.69, 9.17) is 4.74 Å². The Morgan fingerprint density at radius 3 is 2.78 bits per heavy atom. The molecule has 1 aliphatic rings. The molecule has 1 fully saturated rings. The SMILES string of the molecule is CC(NCc1ccc(N2CCOCC2)nn1)c1ncccc1F. The molecular weight excluding hydrogens is 297 g/mol. The molecule has 2 aromatic heterocycles. The van der Waals surface area contributed by atoms with Gasteiger partial charge in [0.2, 0.25) is 0 Å². The van der Waals surface area contributed by atoms with Gasteiger partial charge < -0.3 is 15.0 Å². The van der Waals surface area contributed by atoms with Crippen LogP contribution in [-0.4, -0.2) is 41.5 Å². The van der Waals surface area contributed by atoms with Gasteiger partial charge in [-0.05, 0) is 31.2 Å². The van der Waals surface area contributed by atoms with Crippen LogP contribution in [0.3, 0.4) is 0 Å². The summed E-state index contributed by atoms with van der Waals surface area (Å²) in [6, 6.07) is 6.70. The van der Waals surface area contributed by atoms with Crippen LogP contribution >= 0.6 is 0 Å². The summed E-state index contributed by atoms with van der Waals surface area (Å²) in [5.41, 5.74) is 1.22. The molecule has 23 heavy (non-hydrogen) atoms. The summed E-state index contributed by atoms with van der Waals surface area (Å²) in [6.45, 7) is 5.50. The zero-order valence-corrected chi connectivity index (χ0v) is 13.1. The fourth-order valence-corrected chi connectivity index (χ4v) is 2.48. The summed E-state index contributed by atoms with van der Waals surface area (Å²) < 4.78 is 19.0. The topological polar surface area (TPSA) is 63.2 Å². The van der Waals surface area contributed by atoms with Crippen molar-refractivity contribution in [2.24, 2.45) is 0 Å². The number of hydrogen-bond acceptors (Lipinski definition) is 6. The van der Waals surface area contributed by atoms with Crippen molar-refractivity contribution in [2.75, 3.05) is 31.2 Å². The van der Waals surface area contributed by atoms with Crippen LogP contribution in [0, 0.1) is 5.82 Å². The number of aromatic nitrogens is 3. The van der Waals surface area contributed by atoms with Crippen molar-refractivity contribution in [2.45, 2.75) is 19.5 Å². The average molecular weight is 317 g/mol. The third kappa shape index (κ3) is 4.00. The van der Waals surface area contributed by atoms with E-state index in [-0.39, 0.29) is 11.9 Å². The molecule has 7 heteroatoms. The van der Waals surface area contributed by atoms with Crippen molar-refractivity contribution in [1.82, 2.24) is 20.5 Å². The second kappa shape index (κ2) is 7.43. The molecule has 1 aliphatic heterocycles. The smallest absolute Gasteiger partial charge is 0.151 e. The monoisotopic (exact) mass is 317 g/mol. The van der Waals surface area contributed by atoms with E-state index in [1.54, 1.807) is 12.3 Å². The Kier molecular flexibility index (Phi) is 5.09. The van der Waals surface area contributed by atoms with E-state index in [1.165, 1.54) is 6.07 Å². The zero-order chi connectivity index (χ0) is 16.1. The van der Waals surface area contributed by atoms with Gasteiger partial charge in [0.1, 0.15) is 5.82 Å². The molecule has 0 spiro atoms. The van der Waals surface area contributed by atoms with E-state index in [2.05, 4.69) is 25.4 Å². The summed E-state index contributed by atoms with van der Waals surface area (Å²) in [7, 11) is 0. The minimum absolute atomic E-state index is 0.197. The lowest BCUT2D eigenvalue weighted by molar-refractivity contribution is 0.122. The molecule has 0 saturated carbocycles. The van der Waals surface area contributed by atoms with Gasteiger partial charge in [-0.2, -0.15) is 5.10 Å². The maximum absolute atomic E-state index is 13.7. The number of halogens is 1. The second-order valence-electron chi connectivity index (χ2n) is 5.46. The predicted octanol–water partition coefficient (Wildman–Crippen LogP) is 1.70. The molecule has 0 radical (unpaired) electrons. The number of nitrogens with zero attached hydrogens (tertiary/aromatic N) is 4. The third-order valence-electron chi connectivity index (χ3n) is 3.83. The number of anilines is 1. The first kappa shape index (κ1) is 15.8. The molecule has 2 aromatic rings. The van der Waals surface area contributed by atoms with Crippen LogP contribution in [0.5, 0.6) is 0 Å². The van der Waals surface area contributed by atoms with Gasteiger partial charge >= 0.3 is 0 Å². The van der Waals surface area contributed by atoms with Crippen molar-refractivity contribution in [1.29, 1.82) is 0 Å². The molecule has 1 atom stereocenters. The van der Waals surface area contributed by atoms with Crippen molar-refractivity contribution in [3.05, 3.63) is 47.7 Å². The quantitative estimate of drug-likeness (QED) is 0.905. The first-order valence-corrected chi connectivity index (χ1v) is 7.73. The molecule has 0 aliphatic carbocycles. The summed E-state index contributed by atoms with van der Waals surface area (Å²) in [5.74, 6) is 0.558. The lowest BCUT2D eigenvalue weighted by Gasteiger charge is -2.27. The van der Waals surface area contributed by atoms with E-state index in [9.17, 15) is 4.39 Å². The molecule has 1 saturated heterocycles. The maximum Gasteiger partial charge on any atom is 0.151 e. The Labute approximate surface area is 134 Å². The molecule has 0 bridgehead atoms. The van der Waals surface area contributed by atoms with Gasteiger partial charge in [0, 0.05) is 31.9 Å². The first-order valence-electron chi connectivity index (χ1n) is 7.73. The van der Waals surface area contributed by atoms with Gasteiger partial charge in [-0.15, -0.1) is 5.10 Å². The Morgan fingerprint density at radius 2 is 2.09 bits per heavy atom. The van der Waals surface area contributed by atoms with Crippen molar-refractivity contribution >= 4 is 5.82 Å². The largest absolute Gasteiger partial charge is 0.378 e. The first-order chi connectivity index (χ1) is 11.2. The van der Waals surface area contributed by atoms with E-state index < -0.39 is 0 Å². The molecule has 1 N–H and O–H groups in total. The molecule has 122 valence electrons. The Hall–Kier alpha value is -2.12. The zero-order valence-electron chi connectivity index (χ0n) is 13.1. The standard InChI is InChI=1S/C16H20FN5O/c1-12(16-14(17)3-2-6-18-16)19-11-13-4-5-15(21-20-13)22-7-9-23-10-8-22/h2-6,12,19H,7-11H2,1H3. The number of pyridine rings is 1. The predicted molar refractivity (Wildman–Crippen MR) is 84.5 cm³/mol. The molecule has 0 aromatic carbocycles. The molecule has 3 rings (SSSR count). The van der Waals surface area contributed by atoms with Gasteiger partial charge in [-0.3, -0.25) is 4.98 Å². The van der Waals surface area contributed by atoms with E-state index in [1.807, 2.05) is 19.1 Å². The summed E-state index contributed by atoms with van der Waals surface area (Å²) >= 11 is 0. The average Bonchev–Trinajstić information content (AvgIpc) is 2.61. The highest BCUT2D eigenvalue weighted by molar-refractivity contribution is 5.37. The van der Waals surface area contributed by atoms with Crippen LogP contribution in [0.15, 0.2) is 30.5 Å². The van der Waals surface area contributed by atoms with Gasteiger partial charge in [-0.25, -0.2) is 4.39 Å². The van der Waals surface area contributed by atoms with Gasteiger partial charge in [-0.1, -0.05) is 0 Å². The van der Waals surface area contributed by atoms with Crippen LogP contribution in [0.4, 0.5) is 10.2 Å². The van der Waals surface area contributed by atoms with E-state index in [0.717, 1.165) is 37.8 Å². The van der Waals surface area contributed by atoms with Crippen molar-refractivity contribution in [3.8, 4) is 0 Å². The highest BCUT2D eigenvalue weighted by Crippen LogP contribution is 2.14. The van der Waals surface area contributed by atoms with Crippen LogP contribution in [-0.2, 0) is 11.3 Å². The summed E-state index contributed by atoms with van der Waals surface area (Å²) in [6.07, 6.45) is 1.59. The van der Waals surface area contributed by atoms with E-state index in [0.29, 0.717) is 12.2 Å². The maximum atomic E-state index is 13.7. The number of hydrogen-bond donors (Lipinski definition) is 1. The third-order valence-corrected chi connectivity index (χ3v) is 3.83.